The van der Waals surface area contributed by atoms with Crippen molar-refractivity contribution in [2.75, 3.05) is 32.8 Å². The monoisotopic (exact) mass is 651 g/mol. The second-order valence-electron chi connectivity index (χ2n) is 12.2. The summed E-state index contributed by atoms with van der Waals surface area (Å²) < 4.78 is 42.2. The molecule has 1 aliphatic heterocycles. The van der Waals surface area contributed by atoms with E-state index in [0.29, 0.717) is 36.4 Å². The molecule has 0 spiro atoms. The highest BCUT2D eigenvalue weighted by Gasteiger charge is 2.33. The van der Waals surface area contributed by atoms with Crippen molar-refractivity contribution >= 4 is 27.1 Å². The maximum atomic E-state index is 13.8. The van der Waals surface area contributed by atoms with Crippen LogP contribution < -0.4 is 10.3 Å². The number of benzene rings is 1. The summed E-state index contributed by atoms with van der Waals surface area (Å²) in [4.78, 5) is 39.5. The van der Waals surface area contributed by atoms with E-state index < -0.39 is 27.3 Å². The Morgan fingerprint density at radius 1 is 1.02 bits per heavy atom. The normalized spacial score (nSPS) is 14.5. The third-order valence-corrected chi connectivity index (χ3v) is 9.32. The maximum Gasteiger partial charge on any atom is 0.410 e. The maximum absolute atomic E-state index is 13.8. The molecule has 4 aromatic rings. The molecule has 1 fully saturated rings. The highest BCUT2D eigenvalue weighted by atomic mass is 32.2. The van der Waals surface area contributed by atoms with Gasteiger partial charge in [-0.2, -0.15) is 9.40 Å². The van der Waals surface area contributed by atoms with Crippen LogP contribution in [-0.2, 0) is 27.7 Å². The van der Waals surface area contributed by atoms with Crippen molar-refractivity contribution in [2.45, 2.75) is 70.9 Å². The molecule has 4 heterocycles. The Kier molecular flexibility index (Phi) is 9.77. The van der Waals surface area contributed by atoms with E-state index in [1.165, 1.54) is 21.3 Å². The number of ether oxygens (including phenoxy) is 2. The van der Waals surface area contributed by atoms with Gasteiger partial charge in [0.25, 0.3) is 5.56 Å². The number of pyridine rings is 1. The number of aromatic nitrogens is 5. The predicted octanol–water partition coefficient (Wildman–Crippen LogP) is 4.21. The molecule has 1 saturated heterocycles. The second-order valence-corrected chi connectivity index (χ2v) is 14.1. The third-order valence-electron chi connectivity index (χ3n) is 7.42. The lowest BCUT2D eigenvalue weighted by atomic mass is 10.1. The first kappa shape index (κ1) is 33.1. The molecule has 3 aromatic heterocycles. The molecule has 0 radical (unpaired) electrons. The summed E-state index contributed by atoms with van der Waals surface area (Å²) in [5.41, 5.74) is 1.49. The zero-order chi connectivity index (χ0) is 33.1. The van der Waals surface area contributed by atoms with Crippen molar-refractivity contribution < 1.29 is 22.7 Å². The van der Waals surface area contributed by atoms with E-state index in [-0.39, 0.29) is 42.4 Å². The molecule has 0 aliphatic carbocycles. The van der Waals surface area contributed by atoms with Gasteiger partial charge in [0.1, 0.15) is 22.7 Å². The quantitative estimate of drug-likeness (QED) is 0.266. The number of H-pyrrole nitrogens is 1. The zero-order valence-corrected chi connectivity index (χ0v) is 27.8. The molecule has 0 saturated carbocycles. The number of carbonyl (C=O) groups is 1. The standard InChI is InChI=1S/C32H41N7O6S/c1-6-10-25-27-28(36-39(25)21-22-11-8-9-14-33-22)30(40)35-29(34-27)24-20-23(12-13-26(24)44-19-7-2)46(42,43)38-17-15-37(16-18-38)31(41)45-32(3,4)5/h8-9,11-14,20H,6-7,10,15-19,21H2,1-5H3,(H,34,35,40). The largest absolute Gasteiger partial charge is 0.493 e. The number of sulfonamides is 1. The molecule has 1 amide bonds. The molecule has 5 rings (SSSR count). The molecule has 0 unspecified atom stereocenters. The Labute approximate surface area is 268 Å². The summed E-state index contributed by atoms with van der Waals surface area (Å²) in [7, 11) is -3.96. The van der Waals surface area contributed by atoms with Gasteiger partial charge in [0.05, 0.1) is 35.0 Å². The Morgan fingerprint density at radius 2 is 1.78 bits per heavy atom. The molecule has 13 nitrogen and oxygen atoms in total. The molecule has 14 heteroatoms. The fourth-order valence-electron chi connectivity index (χ4n) is 5.23. The average Bonchev–Trinajstić information content (AvgIpc) is 3.37. The van der Waals surface area contributed by atoms with Gasteiger partial charge in [-0.1, -0.05) is 26.3 Å². The lowest BCUT2D eigenvalue weighted by molar-refractivity contribution is 0.0192. The van der Waals surface area contributed by atoms with Crippen molar-refractivity contribution in [3.05, 3.63) is 64.3 Å². The van der Waals surface area contributed by atoms with E-state index in [0.717, 1.165) is 24.2 Å². The number of hydrogen-bond acceptors (Lipinski definition) is 9. The Morgan fingerprint density at radius 3 is 2.43 bits per heavy atom. The van der Waals surface area contributed by atoms with Crippen LogP contribution in [0.5, 0.6) is 5.75 Å². The number of nitrogens with one attached hydrogen (secondary N) is 1. The van der Waals surface area contributed by atoms with Crippen LogP contribution in [0.1, 0.15) is 58.8 Å². The summed E-state index contributed by atoms with van der Waals surface area (Å²) >= 11 is 0. The minimum Gasteiger partial charge on any atom is -0.493 e. The SMILES string of the molecule is CCCOc1ccc(S(=O)(=O)N2CCN(C(=O)OC(C)(C)C)CC2)cc1-c1nc2c(CCC)n(Cc3ccccn3)nc2c(=O)[nH]1. The third kappa shape index (κ3) is 7.23. The van der Waals surface area contributed by atoms with Gasteiger partial charge >= 0.3 is 6.09 Å². The lowest BCUT2D eigenvalue weighted by Crippen LogP contribution is -2.51. The number of aromatic amines is 1. The van der Waals surface area contributed by atoms with Crippen molar-refractivity contribution in [1.82, 2.24) is 33.9 Å². The van der Waals surface area contributed by atoms with Gasteiger partial charge in [0, 0.05) is 32.4 Å². The van der Waals surface area contributed by atoms with Crippen LogP contribution in [0.15, 0.2) is 52.3 Å². The van der Waals surface area contributed by atoms with Crippen LogP contribution in [0.25, 0.3) is 22.4 Å². The topological polar surface area (TPSA) is 153 Å². The fraction of sp³-hybridized carbons (Fsp3) is 0.469. The van der Waals surface area contributed by atoms with Gasteiger partial charge < -0.3 is 19.4 Å². The predicted molar refractivity (Wildman–Crippen MR) is 173 cm³/mol. The first-order chi connectivity index (χ1) is 21.9. The summed E-state index contributed by atoms with van der Waals surface area (Å²) in [6.07, 6.45) is 3.39. The first-order valence-corrected chi connectivity index (χ1v) is 17.0. The number of amides is 1. The van der Waals surface area contributed by atoms with Crippen LogP contribution >= 0.6 is 0 Å². The molecule has 0 atom stereocenters. The number of piperazine rings is 1. The van der Waals surface area contributed by atoms with Gasteiger partial charge in [-0.25, -0.2) is 18.2 Å². The second kappa shape index (κ2) is 13.6. The molecular weight excluding hydrogens is 610 g/mol. The van der Waals surface area contributed by atoms with Gasteiger partial charge in [-0.05, 0) is 63.9 Å². The molecule has 1 aliphatic rings. The fourth-order valence-corrected chi connectivity index (χ4v) is 6.68. The zero-order valence-electron chi connectivity index (χ0n) is 26.9. The minimum absolute atomic E-state index is 0.0273. The van der Waals surface area contributed by atoms with Crippen molar-refractivity contribution in [3.63, 3.8) is 0 Å². The molecular formula is C32H41N7O6S. The number of nitrogens with zero attached hydrogens (tertiary/aromatic N) is 6. The highest BCUT2D eigenvalue weighted by molar-refractivity contribution is 7.89. The summed E-state index contributed by atoms with van der Waals surface area (Å²) in [6, 6.07) is 10.2. The molecule has 246 valence electrons. The van der Waals surface area contributed by atoms with Gasteiger partial charge in [-0.15, -0.1) is 0 Å². The Balaban J connectivity index is 1.51. The molecule has 1 aromatic carbocycles. The molecule has 1 N–H and O–H groups in total. The molecule has 0 bridgehead atoms. The van der Waals surface area contributed by atoms with E-state index in [1.54, 1.807) is 37.7 Å². The summed E-state index contributed by atoms with van der Waals surface area (Å²) in [6.45, 7) is 10.8. The number of rotatable bonds is 10. The van der Waals surface area contributed by atoms with Crippen LogP contribution in [0, 0.1) is 0 Å². The number of fused-ring (bicyclic) bond motifs is 1. The lowest BCUT2D eigenvalue weighted by Gasteiger charge is -2.35. The van der Waals surface area contributed by atoms with Crippen LogP contribution in [0.2, 0.25) is 0 Å². The van der Waals surface area contributed by atoms with E-state index in [9.17, 15) is 18.0 Å². The summed E-state index contributed by atoms with van der Waals surface area (Å²) in [5, 5.41) is 4.59. The van der Waals surface area contributed by atoms with Gasteiger partial charge in [0.15, 0.2) is 5.52 Å². The molecule has 46 heavy (non-hydrogen) atoms. The number of aryl methyl sites for hydroxylation is 1. The minimum atomic E-state index is -3.96. The number of carbonyl (C=O) groups excluding carboxylic acids is 1. The van der Waals surface area contributed by atoms with E-state index in [4.69, 9.17) is 14.5 Å². The van der Waals surface area contributed by atoms with Crippen molar-refractivity contribution in [3.8, 4) is 17.1 Å². The smallest absolute Gasteiger partial charge is 0.410 e. The van der Waals surface area contributed by atoms with Gasteiger partial charge in [0.2, 0.25) is 10.0 Å². The van der Waals surface area contributed by atoms with Crippen molar-refractivity contribution in [2.24, 2.45) is 0 Å². The van der Waals surface area contributed by atoms with Crippen LogP contribution in [-0.4, -0.2) is 86.8 Å². The first-order valence-electron chi connectivity index (χ1n) is 15.6. The Bertz CT molecular complexity index is 1860. The number of hydrogen-bond donors (Lipinski definition) is 1. The summed E-state index contributed by atoms with van der Waals surface area (Å²) in [5.74, 6) is 0.584. The van der Waals surface area contributed by atoms with Crippen molar-refractivity contribution in [1.29, 1.82) is 0 Å². The van der Waals surface area contributed by atoms with E-state index in [2.05, 4.69) is 15.1 Å². The van der Waals surface area contributed by atoms with E-state index >= 15 is 0 Å². The Hall–Kier alpha value is -4.30. The van der Waals surface area contributed by atoms with E-state index in [1.807, 2.05) is 32.0 Å². The average molecular weight is 652 g/mol. The van der Waals surface area contributed by atoms with Crippen LogP contribution in [0.4, 0.5) is 4.79 Å². The van der Waals surface area contributed by atoms with Crippen LogP contribution in [0.3, 0.4) is 0 Å². The highest BCUT2D eigenvalue weighted by Crippen LogP contribution is 2.33. The van der Waals surface area contributed by atoms with Gasteiger partial charge in [-0.3, -0.25) is 14.5 Å².